The summed E-state index contributed by atoms with van der Waals surface area (Å²) in [6.45, 7) is 11.9. The van der Waals surface area contributed by atoms with Gasteiger partial charge in [0.1, 0.15) is 0 Å². The van der Waals surface area contributed by atoms with Gasteiger partial charge in [0, 0.05) is 37.9 Å². The molecule has 1 saturated heterocycles. The maximum Gasteiger partial charge on any atom is 0.220 e. The van der Waals surface area contributed by atoms with E-state index in [1.165, 1.54) is 57.3 Å². The molecule has 0 spiro atoms. The summed E-state index contributed by atoms with van der Waals surface area (Å²) < 4.78 is 28.1. The highest BCUT2D eigenvalue weighted by atomic mass is 16.5. The number of ether oxygens (including phenoxy) is 5. The van der Waals surface area contributed by atoms with Crippen LogP contribution in [-0.2, 0) is 22.5 Å². The van der Waals surface area contributed by atoms with Crippen molar-refractivity contribution in [3.63, 3.8) is 0 Å². The van der Waals surface area contributed by atoms with Gasteiger partial charge < -0.3 is 33.9 Å². The Balaban J connectivity index is 0.000000215. The van der Waals surface area contributed by atoms with Crippen molar-refractivity contribution in [3.05, 3.63) is 112 Å². The second kappa shape index (κ2) is 20.7. The molecule has 1 aliphatic heterocycles. The molecule has 10 nitrogen and oxygen atoms in total. The molecule has 1 amide bonds. The fraction of sp³-hybridized carbons (Fsp3) is 0.435. The summed E-state index contributed by atoms with van der Waals surface area (Å²) in [6.07, 6.45) is 3.89. The van der Waals surface area contributed by atoms with E-state index in [1.54, 1.807) is 27.4 Å². The van der Waals surface area contributed by atoms with E-state index >= 15 is 0 Å². The lowest BCUT2D eigenvalue weighted by molar-refractivity contribution is -0.119. The van der Waals surface area contributed by atoms with Crippen molar-refractivity contribution in [1.82, 2.24) is 10.2 Å². The fourth-order valence-corrected chi connectivity index (χ4v) is 7.64. The number of benzene rings is 3. The Labute approximate surface area is 332 Å². The molecular weight excluding hydrogens is 707 g/mol. The number of fused-ring (bicyclic) bond motifs is 3. The first-order valence-electron chi connectivity index (χ1n) is 19.6. The van der Waals surface area contributed by atoms with Crippen molar-refractivity contribution in [3.8, 4) is 34.1 Å². The van der Waals surface area contributed by atoms with Crippen molar-refractivity contribution in [1.29, 1.82) is 0 Å². The number of anilines is 1. The van der Waals surface area contributed by atoms with E-state index in [9.17, 15) is 9.59 Å². The highest BCUT2D eigenvalue weighted by molar-refractivity contribution is 5.83. The van der Waals surface area contributed by atoms with Gasteiger partial charge in [0.2, 0.25) is 17.1 Å². The molecule has 0 bridgehead atoms. The summed E-state index contributed by atoms with van der Waals surface area (Å²) >= 11 is 0. The highest BCUT2D eigenvalue weighted by Gasteiger charge is 2.30. The van der Waals surface area contributed by atoms with Gasteiger partial charge in [-0.2, -0.15) is 0 Å². The van der Waals surface area contributed by atoms with Gasteiger partial charge in [-0.15, -0.1) is 0 Å². The molecule has 56 heavy (non-hydrogen) atoms. The number of likely N-dealkylation sites (tertiary alicyclic amines) is 1. The Morgan fingerprint density at radius 3 is 2.09 bits per heavy atom. The number of hydrogen-bond acceptors (Lipinski definition) is 9. The predicted molar refractivity (Wildman–Crippen MR) is 223 cm³/mol. The van der Waals surface area contributed by atoms with Crippen LogP contribution in [0.1, 0.15) is 62.8 Å². The second-order valence-corrected chi connectivity index (χ2v) is 14.8. The normalized spacial score (nSPS) is 15.3. The monoisotopic (exact) mass is 765 g/mol. The molecule has 4 aromatic rings. The third kappa shape index (κ3) is 10.8. The van der Waals surface area contributed by atoms with Crippen LogP contribution in [0.25, 0.3) is 11.1 Å². The van der Waals surface area contributed by atoms with Gasteiger partial charge in [-0.3, -0.25) is 14.5 Å². The lowest BCUT2D eigenvalue weighted by Crippen LogP contribution is -2.45. The van der Waals surface area contributed by atoms with Crippen molar-refractivity contribution < 1.29 is 28.5 Å². The predicted octanol–water partition coefficient (Wildman–Crippen LogP) is 7.70. The molecule has 2 atom stereocenters. The molecule has 0 aromatic heterocycles. The van der Waals surface area contributed by atoms with E-state index in [-0.39, 0.29) is 23.1 Å². The smallest absolute Gasteiger partial charge is 0.220 e. The zero-order chi connectivity index (χ0) is 40.0. The van der Waals surface area contributed by atoms with Crippen LogP contribution in [0.3, 0.4) is 0 Å². The maximum atomic E-state index is 12.6. The summed E-state index contributed by atoms with van der Waals surface area (Å²) in [6, 6.07) is 28.6. The zero-order valence-corrected chi connectivity index (χ0v) is 34.1. The third-order valence-corrected chi connectivity index (χ3v) is 10.3. The lowest BCUT2D eigenvalue weighted by Gasteiger charge is -2.34. The molecule has 0 radical (unpaired) electrons. The second-order valence-electron chi connectivity index (χ2n) is 14.8. The summed E-state index contributed by atoms with van der Waals surface area (Å²) in [7, 11) is 6.14. The molecule has 1 heterocycles. The van der Waals surface area contributed by atoms with Gasteiger partial charge in [-0.25, -0.2) is 0 Å². The van der Waals surface area contributed by atoms with Crippen LogP contribution in [0.2, 0.25) is 0 Å². The van der Waals surface area contributed by atoms with Crippen LogP contribution in [0.4, 0.5) is 5.69 Å². The van der Waals surface area contributed by atoms with E-state index in [0.29, 0.717) is 47.6 Å². The first-order chi connectivity index (χ1) is 27.2. The number of rotatable bonds is 15. The molecule has 1 fully saturated rings. The first kappa shape index (κ1) is 42.1. The molecule has 300 valence electrons. The van der Waals surface area contributed by atoms with Gasteiger partial charge in [0.05, 0.1) is 47.1 Å². The Hall–Kier alpha value is -5.06. The molecule has 0 saturated carbocycles. The molecular formula is C46H59N3O7. The number of aryl methyl sites for hydroxylation is 1. The van der Waals surface area contributed by atoms with Crippen molar-refractivity contribution in [2.45, 2.75) is 65.1 Å². The Kier molecular flexibility index (Phi) is 15.6. The number of carbonyl (C=O) groups is 1. The number of carbonyl (C=O) groups excluding carboxylic acids is 1. The summed E-state index contributed by atoms with van der Waals surface area (Å²) in [5.74, 6) is 2.19. The molecule has 1 aliphatic carbocycles. The summed E-state index contributed by atoms with van der Waals surface area (Å²) in [4.78, 5) is 29.6. The summed E-state index contributed by atoms with van der Waals surface area (Å²) in [5.41, 5.74) is 5.65. The van der Waals surface area contributed by atoms with E-state index in [2.05, 4.69) is 89.6 Å². The minimum absolute atomic E-state index is 0.167. The number of amides is 1. The number of para-hydroxylation sites is 1. The van der Waals surface area contributed by atoms with Crippen LogP contribution in [0.15, 0.2) is 89.7 Å². The lowest BCUT2D eigenvalue weighted by atomic mass is 9.95. The summed E-state index contributed by atoms with van der Waals surface area (Å²) in [5, 5.41) is 2.96. The number of nitrogens with zero attached hydrogens (tertiary/aromatic N) is 2. The average Bonchev–Trinajstić information content (AvgIpc) is 3.64. The molecule has 1 N–H and O–H groups in total. The maximum absolute atomic E-state index is 12.6. The van der Waals surface area contributed by atoms with Crippen molar-refractivity contribution in [2.75, 3.05) is 66.2 Å². The minimum atomic E-state index is -0.332. The molecule has 10 heteroatoms. The highest BCUT2D eigenvalue weighted by Crippen LogP contribution is 2.50. The number of hydrogen-bond donors (Lipinski definition) is 1. The van der Waals surface area contributed by atoms with Crippen LogP contribution in [0.5, 0.6) is 23.0 Å². The SMILES string of the molecule is CC(C)COCC(CN(Cc1ccccc1)c1ccccc1)N1CCCC1.COc1cc2c(c(OC)c1OC)-c1ccc(OC)c(=O)cc1[C@@H](NC(C)=O)CC2. The van der Waals surface area contributed by atoms with Crippen LogP contribution in [-0.4, -0.2) is 78.1 Å². The number of nitrogens with one attached hydrogen (secondary N) is 1. The molecule has 4 aromatic carbocycles. The Bertz CT molecular complexity index is 1920. The average molecular weight is 766 g/mol. The Morgan fingerprint density at radius 2 is 1.48 bits per heavy atom. The number of methoxy groups -OCH3 is 4. The van der Waals surface area contributed by atoms with Gasteiger partial charge in [0.15, 0.2) is 17.2 Å². The first-order valence-corrected chi connectivity index (χ1v) is 19.6. The zero-order valence-electron chi connectivity index (χ0n) is 34.1. The van der Waals surface area contributed by atoms with E-state index < -0.39 is 0 Å². The van der Waals surface area contributed by atoms with Crippen molar-refractivity contribution >= 4 is 11.6 Å². The standard InChI is InChI=1S/C24H34N2O.C22H25NO6/c1-21(2)19-27-20-24(25-15-9-10-16-25)18-26(23-13-7-4-8-14-23)17-22-11-5-3-6-12-22;1-12(24)23-16-8-6-13-10-19(27-3)21(28-4)22(29-5)20(13)14-7-9-18(26-2)17(25)11-15(14)16/h3-8,11-14,21,24H,9-10,15-20H2,1-2H3;7,9-11,16H,6,8H2,1-5H3,(H,23,24)/t;16-/m.0/s1. The van der Waals surface area contributed by atoms with E-state index in [0.717, 1.165) is 43.0 Å². The van der Waals surface area contributed by atoms with Gasteiger partial charge >= 0.3 is 0 Å². The molecule has 6 rings (SSSR count). The molecule has 2 aliphatic rings. The van der Waals surface area contributed by atoms with Crippen LogP contribution in [0, 0.1) is 5.92 Å². The Morgan fingerprint density at radius 1 is 0.821 bits per heavy atom. The fourth-order valence-electron chi connectivity index (χ4n) is 7.64. The molecule has 1 unspecified atom stereocenters. The third-order valence-electron chi connectivity index (χ3n) is 10.3. The largest absolute Gasteiger partial charge is 0.493 e. The van der Waals surface area contributed by atoms with E-state index in [1.807, 2.05) is 12.1 Å². The topological polar surface area (TPSA) is 98.8 Å². The minimum Gasteiger partial charge on any atom is -0.493 e. The van der Waals surface area contributed by atoms with Gasteiger partial charge in [-0.1, -0.05) is 68.4 Å². The van der Waals surface area contributed by atoms with Gasteiger partial charge in [-0.05, 0) is 97.3 Å². The quantitative estimate of drug-likeness (QED) is 0.131. The van der Waals surface area contributed by atoms with E-state index in [4.69, 9.17) is 23.7 Å². The van der Waals surface area contributed by atoms with Crippen molar-refractivity contribution in [2.24, 2.45) is 5.92 Å². The van der Waals surface area contributed by atoms with Gasteiger partial charge in [0.25, 0.3) is 0 Å². The van der Waals surface area contributed by atoms with Crippen LogP contribution >= 0.6 is 0 Å². The van der Waals surface area contributed by atoms with Crippen LogP contribution < -0.4 is 34.6 Å².